The van der Waals surface area contributed by atoms with Crippen LogP contribution in [0.1, 0.15) is 103 Å². The molecule has 0 saturated heterocycles. The van der Waals surface area contributed by atoms with Gasteiger partial charge in [-0.15, -0.1) is 0 Å². The number of Topliss-reactive ketones (excluding diaryl/α,β-unsaturated/α-hetero) is 1. The molecule has 0 aliphatic heterocycles. The second kappa shape index (κ2) is 9.54. The van der Waals surface area contributed by atoms with Crippen LogP contribution in [-0.2, 0) is 9.59 Å². The topological polar surface area (TPSA) is 54.4 Å². The summed E-state index contributed by atoms with van der Waals surface area (Å²) in [6.45, 7) is 1.77. The highest BCUT2D eigenvalue weighted by atomic mass is 16.4. The number of ketones is 1. The first-order chi connectivity index (χ1) is 12.0. The molecule has 0 aromatic heterocycles. The molecule has 3 nitrogen and oxygen atoms in total. The number of allylic oxidation sites excluding steroid dienone is 2. The van der Waals surface area contributed by atoms with Gasteiger partial charge >= 0.3 is 5.97 Å². The van der Waals surface area contributed by atoms with E-state index in [0.29, 0.717) is 5.78 Å². The zero-order valence-corrected chi connectivity index (χ0v) is 16.0. The number of carboxylic acid groups (broad SMARTS) is 1. The molecule has 2 rings (SSSR count). The second-order valence-electron chi connectivity index (χ2n) is 8.45. The minimum Gasteiger partial charge on any atom is -0.481 e. The maximum Gasteiger partial charge on any atom is 0.309 e. The number of carbonyl (C=O) groups is 2. The normalized spacial score (nSPS) is 21.8. The second-order valence-corrected chi connectivity index (χ2v) is 8.45. The lowest BCUT2D eigenvalue weighted by Crippen LogP contribution is -2.27. The Hall–Kier alpha value is -1.12. The van der Waals surface area contributed by atoms with Crippen LogP contribution < -0.4 is 0 Å². The summed E-state index contributed by atoms with van der Waals surface area (Å²) in [4.78, 5) is 23.4. The lowest BCUT2D eigenvalue weighted by atomic mass is 9.78. The van der Waals surface area contributed by atoms with Crippen LogP contribution in [0.5, 0.6) is 0 Å². The van der Waals surface area contributed by atoms with Crippen molar-refractivity contribution in [2.45, 2.75) is 103 Å². The first-order valence-corrected chi connectivity index (χ1v) is 10.4. The molecule has 0 amide bonds. The number of carboxylic acids is 1. The Morgan fingerprint density at radius 1 is 0.800 bits per heavy atom. The van der Waals surface area contributed by atoms with Gasteiger partial charge < -0.3 is 5.11 Å². The van der Waals surface area contributed by atoms with E-state index in [-0.39, 0.29) is 5.41 Å². The minimum absolute atomic E-state index is 0.000270. The Bertz CT molecular complexity index is 466. The summed E-state index contributed by atoms with van der Waals surface area (Å²) < 4.78 is 0. The zero-order chi connectivity index (χ0) is 18.2. The molecule has 0 unspecified atom stereocenters. The molecular weight excluding hydrogens is 312 g/mol. The number of aliphatic carboxylic acids is 1. The highest BCUT2D eigenvalue weighted by Crippen LogP contribution is 2.43. The van der Waals surface area contributed by atoms with Crippen molar-refractivity contribution in [3.63, 3.8) is 0 Å². The van der Waals surface area contributed by atoms with E-state index in [1.54, 1.807) is 6.92 Å². The number of carbonyl (C=O) groups excluding carboxylic acids is 1. The molecule has 2 saturated carbocycles. The molecule has 2 fully saturated rings. The summed E-state index contributed by atoms with van der Waals surface area (Å²) >= 11 is 0. The molecule has 0 aromatic carbocycles. The first-order valence-electron chi connectivity index (χ1n) is 10.4. The van der Waals surface area contributed by atoms with E-state index in [9.17, 15) is 14.7 Å². The third kappa shape index (κ3) is 5.43. The predicted molar refractivity (Wildman–Crippen MR) is 102 cm³/mol. The van der Waals surface area contributed by atoms with Crippen LogP contribution in [0.15, 0.2) is 12.2 Å². The van der Waals surface area contributed by atoms with Gasteiger partial charge in [0.2, 0.25) is 0 Å². The van der Waals surface area contributed by atoms with Crippen LogP contribution in [0.4, 0.5) is 0 Å². The van der Waals surface area contributed by atoms with E-state index in [4.69, 9.17) is 0 Å². The summed E-state index contributed by atoms with van der Waals surface area (Å²) in [5.41, 5.74) is -0.410. The van der Waals surface area contributed by atoms with Gasteiger partial charge in [0, 0.05) is 5.41 Å². The largest absolute Gasteiger partial charge is 0.481 e. The fourth-order valence-electron chi connectivity index (χ4n) is 4.97. The first kappa shape index (κ1) is 20.2. The standard InChI is InChI=1S/C22H36O3/c1-19(23)21(14-9-10-15-21)13-7-5-3-2-4-6-8-16-22(20(24)25)17-11-12-18-22/h2-3H,4-18H2,1H3,(H,24,25). The van der Waals surface area contributed by atoms with Crippen molar-refractivity contribution in [2.24, 2.45) is 10.8 Å². The molecule has 0 bridgehead atoms. The highest BCUT2D eigenvalue weighted by molar-refractivity contribution is 5.82. The van der Waals surface area contributed by atoms with Crippen molar-refractivity contribution in [3.05, 3.63) is 12.2 Å². The molecular formula is C22H36O3. The van der Waals surface area contributed by atoms with E-state index in [2.05, 4.69) is 12.2 Å². The SMILES string of the molecule is CC(=O)C1(CCCC=CCCCCC2(C(=O)O)CCCC2)CCCC1. The van der Waals surface area contributed by atoms with Crippen molar-refractivity contribution in [1.29, 1.82) is 0 Å². The number of hydrogen-bond acceptors (Lipinski definition) is 2. The smallest absolute Gasteiger partial charge is 0.309 e. The molecule has 0 atom stereocenters. The van der Waals surface area contributed by atoms with Crippen molar-refractivity contribution in [2.75, 3.05) is 0 Å². The predicted octanol–water partition coefficient (Wildman–Crippen LogP) is 6.07. The van der Waals surface area contributed by atoms with E-state index >= 15 is 0 Å². The zero-order valence-electron chi connectivity index (χ0n) is 16.0. The molecule has 3 heteroatoms. The molecule has 2 aliphatic carbocycles. The van der Waals surface area contributed by atoms with Gasteiger partial charge in [0.25, 0.3) is 0 Å². The van der Waals surface area contributed by atoms with Gasteiger partial charge in [-0.05, 0) is 71.1 Å². The van der Waals surface area contributed by atoms with Gasteiger partial charge in [-0.3, -0.25) is 9.59 Å². The van der Waals surface area contributed by atoms with Crippen molar-refractivity contribution in [3.8, 4) is 0 Å². The van der Waals surface area contributed by atoms with Crippen molar-refractivity contribution < 1.29 is 14.7 Å². The van der Waals surface area contributed by atoms with Crippen LogP contribution in [-0.4, -0.2) is 16.9 Å². The number of unbranched alkanes of at least 4 members (excludes halogenated alkanes) is 3. The molecule has 0 radical (unpaired) electrons. The average molecular weight is 349 g/mol. The molecule has 0 aromatic rings. The molecule has 0 heterocycles. The fourth-order valence-corrected chi connectivity index (χ4v) is 4.97. The fraction of sp³-hybridized carbons (Fsp3) is 0.818. The average Bonchev–Trinajstić information content (AvgIpc) is 3.24. The molecule has 142 valence electrons. The number of rotatable bonds is 11. The van der Waals surface area contributed by atoms with Crippen LogP contribution in [0, 0.1) is 10.8 Å². The third-order valence-corrected chi connectivity index (χ3v) is 6.79. The van der Waals surface area contributed by atoms with Crippen molar-refractivity contribution in [1.82, 2.24) is 0 Å². The lowest BCUT2D eigenvalue weighted by molar-refractivity contribution is -0.149. The van der Waals surface area contributed by atoms with E-state index < -0.39 is 11.4 Å². The van der Waals surface area contributed by atoms with Gasteiger partial charge in [-0.1, -0.05) is 44.3 Å². The van der Waals surface area contributed by atoms with Gasteiger partial charge in [0.05, 0.1) is 5.41 Å². The molecule has 0 spiro atoms. The lowest BCUT2D eigenvalue weighted by Gasteiger charge is -2.25. The summed E-state index contributed by atoms with van der Waals surface area (Å²) in [6, 6.07) is 0. The molecule has 1 N–H and O–H groups in total. The Morgan fingerprint density at radius 2 is 1.28 bits per heavy atom. The van der Waals surface area contributed by atoms with Gasteiger partial charge in [0.15, 0.2) is 0 Å². The molecule has 2 aliphatic rings. The third-order valence-electron chi connectivity index (χ3n) is 6.79. The van der Waals surface area contributed by atoms with Gasteiger partial charge in [-0.25, -0.2) is 0 Å². The van der Waals surface area contributed by atoms with Gasteiger partial charge in [-0.2, -0.15) is 0 Å². The minimum atomic E-state index is -0.577. The monoisotopic (exact) mass is 348 g/mol. The van der Waals surface area contributed by atoms with Crippen LogP contribution in [0.25, 0.3) is 0 Å². The summed E-state index contributed by atoms with van der Waals surface area (Å²) in [6.07, 6.45) is 20.2. The quantitative estimate of drug-likeness (QED) is 0.364. The highest BCUT2D eigenvalue weighted by Gasteiger charge is 2.40. The Kier molecular flexibility index (Phi) is 7.71. The summed E-state index contributed by atoms with van der Waals surface area (Å²) in [7, 11) is 0. The van der Waals surface area contributed by atoms with Gasteiger partial charge in [0.1, 0.15) is 5.78 Å². The van der Waals surface area contributed by atoms with Crippen LogP contribution >= 0.6 is 0 Å². The van der Waals surface area contributed by atoms with Crippen LogP contribution in [0.2, 0.25) is 0 Å². The Balaban J connectivity index is 1.56. The van der Waals surface area contributed by atoms with E-state index in [1.165, 1.54) is 12.8 Å². The summed E-state index contributed by atoms with van der Waals surface area (Å²) in [5.74, 6) is -0.180. The number of hydrogen-bond donors (Lipinski definition) is 1. The van der Waals surface area contributed by atoms with E-state index in [0.717, 1.165) is 83.5 Å². The maximum atomic E-state index is 11.9. The van der Waals surface area contributed by atoms with Crippen molar-refractivity contribution >= 4 is 11.8 Å². The maximum absolute atomic E-state index is 11.9. The summed E-state index contributed by atoms with van der Waals surface area (Å²) in [5, 5.41) is 9.48. The van der Waals surface area contributed by atoms with E-state index in [1.807, 2.05) is 0 Å². The molecule has 25 heavy (non-hydrogen) atoms. The Morgan fingerprint density at radius 3 is 1.80 bits per heavy atom. The van der Waals surface area contributed by atoms with Crippen LogP contribution in [0.3, 0.4) is 0 Å². The Labute approximate surface area is 153 Å².